The minimum absolute atomic E-state index is 0. The van der Waals surface area contributed by atoms with E-state index in [1.807, 2.05) is 13.2 Å². The van der Waals surface area contributed by atoms with E-state index in [2.05, 4.69) is 11.3 Å². The van der Waals surface area contributed by atoms with Gasteiger partial charge in [0.05, 0.1) is 0 Å². The van der Waals surface area contributed by atoms with E-state index in [1.54, 1.807) is 11.1 Å². The highest BCUT2D eigenvalue weighted by molar-refractivity contribution is 5.59. The Morgan fingerprint density at radius 2 is 2.43 bits per heavy atom. The zero-order chi connectivity index (χ0) is 4.41. The van der Waals surface area contributed by atoms with Crippen LogP contribution in [0.2, 0.25) is 0 Å². The van der Waals surface area contributed by atoms with E-state index in [9.17, 15) is 0 Å². The summed E-state index contributed by atoms with van der Waals surface area (Å²) in [5, 5.41) is 0. The van der Waals surface area contributed by atoms with Crippen molar-refractivity contribution in [2.75, 3.05) is 7.05 Å². The Hall–Kier alpha value is -0.150. The molecule has 0 saturated carbocycles. The summed E-state index contributed by atoms with van der Waals surface area (Å²) in [7, 11) is 1.88. The third-order valence-corrected chi connectivity index (χ3v) is 0.580. The van der Waals surface area contributed by atoms with E-state index in [0.29, 0.717) is 0 Å². The second-order valence-corrected chi connectivity index (χ2v) is 1.14. The first-order valence-corrected chi connectivity index (χ1v) is 1.74. The number of halogens is 1. The van der Waals surface area contributed by atoms with E-state index in [-0.39, 0.29) is 24.0 Å². The van der Waals surface area contributed by atoms with E-state index in [0.717, 1.165) is 0 Å². The van der Waals surface area contributed by atoms with Gasteiger partial charge in [-0.3, -0.25) is 0 Å². The molecule has 0 unspecified atom stereocenters. The smallest absolute Gasteiger partial charge is 0.255 e. The van der Waals surface area contributed by atoms with Gasteiger partial charge in [0.15, 0.2) is 6.20 Å². The third kappa shape index (κ3) is 1.85. The quantitative estimate of drug-likeness (QED) is 0.312. The summed E-state index contributed by atoms with van der Waals surface area (Å²) in [5.41, 5.74) is 0. The molecule has 38 valence electrons. The molecule has 0 amide bonds. The van der Waals surface area contributed by atoms with Crippen molar-refractivity contribution in [1.29, 1.82) is 0 Å². The Bertz CT molecular complexity index is 85.9. The summed E-state index contributed by atoms with van der Waals surface area (Å²) < 4.78 is 0. The van der Waals surface area contributed by atoms with Crippen LogP contribution in [0.5, 0.6) is 0 Å². The number of hydrogen-bond acceptors (Lipinski definition) is 2. The van der Waals surface area contributed by atoms with Crippen LogP contribution in [0.15, 0.2) is 17.4 Å². The van der Waals surface area contributed by atoms with Crippen LogP contribution in [-0.2, 0) is 0 Å². The SMILES string of the molecule is CN1[C+]=NC=C1.[I-]. The van der Waals surface area contributed by atoms with E-state index >= 15 is 0 Å². The first-order valence-electron chi connectivity index (χ1n) is 1.74. The fourth-order valence-corrected chi connectivity index (χ4v) is 0.291. The monoisotopic (exact) mass is 208 g/mol. The Kier molecular flexibility index (Phi) is 2.87. The van der Waals surface area contributed by atoms with Crippen molar-refractivity contribution >= 4 is 6.34 Å². The zero-order valence-electron chi connectivity index (χ0n) is 3.93. The van der Waals surface area contributed by atoms with Crippen LogP contribution in [0.1, 0.15) is 0 Å². The van der Waals surface area contributed by atoms with Gasteiger partial charge in [-0.15, -0.1) is 0 Å². The molecule has 1 heterocycles. The van der Waals surface area contributed by atoms with Gasteiger partial charge >= 0.3 is 0 Å². The lowest BCUT2D eigenvalue weighted by Gasteiger charge is -1.80. The average Bonchev–Trinajstić information content (AvgIpc) is 1.86. The number of hydrogen-bond donors (Lipinski definition) is 0. The predicted molar refractivity (Wildman–Crippen MR) is 24.3 cm³/mol. The molecule has 0 aromatic rings. The third-order valence-electron chi connectivity index (χ3n) is 0.580. The van der Waals surface area contributed by atoms with Gasteiger partial charge in [-0.2, -0.15) is 4.90 Å². The molecule has 0 aliphatic carbocycles. The van der Waals surface area contributed by atoms with Gasteiger partial charge in [0.2, 0.25) is 6.20 Å². The fourth-order valence-electron chi connectivity index (χ4n) is 0.291. The minimum Gasteiger partial charge on any atom is -1.00 e. The molecular formula is C4H5IN2. The first kappa shape index (κ1) is 6.85. The molecule has 3 heteroatoms. The second-order valence-electron chi connectivity index (χ2n) is 1.14. The maximum Gasteiger partial charge on any atom is 0.255 e. The molecule has 0 radical (unpaired) electrons. The van der Waals surface area contributed by atoms with Crippen LogP contribution in [0.3, 0.4) is 0 Å². The number of aliphatic imine (C=N–C) groups is 1. The highest BCUT2D eigenvalue weighted by Gasteiger charge is 1.99. The van der Waals surface area contributed by atoms with Crippen molar-refractivity contribution in [1.82, 2.24) is 4.90 Å². The minimum atomic E-state index is 0. The summed E-state index contributed by atoms with van der Waals surface area (Å²) in [6.07, 6.45) is 6.19. The van der Waals surface area contributed by atoms with Crippen molar-refractivity contribution in [2.24, 2.45) is 4.99 Å². The van der Waals surface area contributed by atoms with Gasteiger partial charge in [0.25, 0.3) is 6.34 Å². The molecule has 0 atom stereocenters. The molecule has 0 aromatic heterocycles. The Morgan fingerprint density at radius 3 is 2.57 bits per heavy atom. The Morgan fingerprint density at radius 1 is 1.71 bits per heavy atom. The molecule has 1 aliphatic heterocycles. The summed E-state index contributed by atoms with van der Waals surface area (Å²) in [6.45, 7) is 0. The number of rotatable bonds is 0. The van der Waals surface area contributed by atoms with E-state index < -0.39 is 0 Å². The lowest BCUT2D eigenvalue weighted by Crippen LogP contribution is -3.00. The molecule has 0 spiro atoms. The van der Waals surface area contributed by atoms with Crippen LogP contribution in [0.25, 0.3) is 0 Å². The summed E-state index contributed by atoms with van der Waals surface area (Å²) in [6, 6.07) is 0. The van der Waals surface area contributed by atoms with E-state index in [4.69, 9.17) is 0 Å². The molecule has 0 bridgehead atoms. The molecule has 0 saturated heterocycles. The van der Waals surface area contributed by atoms with E-state index in [1.165, 1.54) is 0 Å². The van der Waals surface area contributed by atoms with Gasteiger partial charge in [-0.05, 0) is 4.99 Å². The maximum absolute atomic E-state index is 3.66. The van der Waals surface area contributed by atoms with Crippen LogP contribution in [0, 0.1) is 0 Å². The molecule has 1 rings (SSSR count). The average molecular weight is 208 g/mol. The second kappa shape index (κ2) is 2.93. The highest BCUT2D eigenvalue weighted by Crippen LogP contribution is 1.87. The first-order chi connectivity index (χ1) is 2.89. The van der Waals surface area contributed by atoms with Gasteiger partial charge in [-0.1, -0.05) is 0 Å². The molecule has 1 aliphatic rings. The molecule has 0 aromatic carbocycles. The Balaban J connectivity index is 0.000000360. The van der Waals surface area contributed by atoms with Crippen molar-refractivity contribution in [3.8, 4) is 0 Å². The standard InChI is InChI=1S/C4H5N2.HI/c1-6-3-2-5-4-6;/h2-3H,1H3;1H/q+1;/p-1. The molecule has 0 fully saturated rings. The predicted octanol–water partition coefficient (Wildman–Crippen LogP) is -2.69. The summed E-state index contributed by atoms with van der Waals surface area (Å²) in [5.74, 6) is 0. The van der Waals surface area contributed by atoms with Crippen molar-refractivity contribution in [3.05, 3.63) is 12.4 Å². The normalized spacial score (nSPS) is 13.6. The van der Waals surface area contributed by atoms with Crippen molar-refractivity contribution < 1.29 is 24.0 Å². The van der Waals surface area contributed by atoms with Crippen LogP contribution >= 0.6 is 0 Å². The van der Waals surface area contributed by atoms with Crippen LogP contribution < -0.4 is 24.0 Å². The maximum atomic E-state index is 3.66. The zero-order valence-corrected chi connectivity index (χ0v) is 6.08. The highest BCUT2D eigenvalue weighted by atomic mass is 127. The summed E-state index contributed by atoms with van der Waals surface area (Å²) in [4.78, 5) is 5.42. The van der Waals surface area contributed by atoms with Gasteiger partial charge in [0, 0.05) is 7.05 Å². The van der Waals surface area contributed by atoms with Crippen molar-refractivity contribution in [2.45, 2.75) is 0 Å². The Labute approximate surface area is 59.9 Å². The molecule has 7 heavy (non-hydrogen) atoms. The molecule has 2 nitrogen and oxygen atoms in total. The largest absolute Gasteiger partial charge is 1.00 e. The topological polar surface area (TPSA) is 15.6 Å². The molecule has 0 N–H and O–H groups in total. The van der Waals surface area contributed by atoms with Gasteiger partial charge < -0.3 is 24.0 Å². The fraction of sp³-hybridized carbons (Fsp3) is 0.250. The summed E-state index contributed by atoms with van der Waals surface area (Å²) >= 11 is 0. The van der Waals surface area contributed by atoms with Crippen LogP contribution in [0.4, 0.5) is 0 Å². The number of nitrogens with zero attached hydrogens (tertiary/aromatic N) is 2. The van der Waals surface area contributed by atoms with Crippen molar-refractivity contribution in [3.63, 3.8) is 0 Å². The van der Waals surface area contributed by atoms with Crippen LogP contribution in [-0.4, -0.2) is 18.3 Å². The lowest BCUT2D eigenvalue weighted by atomic mass is 10.9. The lowest BCUT2D eigenvalue weighted by molar-refractivity contribution is -0.00000128. The van der Waals surface area contributed by atoms with Gasteiger partial charge in [-0.25, -0.2) is 0 Å². The molecular weight excluding hydrogens is 203 g/mol. The van der Waals surface area contributed by atoms with Gasteiger partial charge in [0.1, 0.15) is 0 Å².